The number of carboxylic acid groups (broad SMARTS) is 1. The summed E-state index contributed by atoms with van der Waals surface area (Å²) >= 11 is 0. The van der Waals surface area contributed by atoms with Gasteiger partial charge in [0.15, 0.2) is 0 Å². The van der Waals surface area contributed by atoms with Crippen LogP contribution in [0.5, 0.6) is 0 Å². The van der Waals surface area contributed by atoms with Gasteiger partial charge in [-0.3, -0.25) is 4.79 Å². The van der Waals surface area contributed by atoms with E-state index < -0.39 is 23.6 Å². The number of carbonyl (C=O) groups is 2. The molecule has 0 fully saturated rings. The normalized spacial score (nSPS) is 12.3. The Labute approximate surface area is 154 Å². The van der Waals surface area contributed by atoms with Crippen LogP contribution in [0.1, 0.15) is 26.3 Å². The summed E-state index contributed by atoms with van der Waals surface area (Å²) in [7, 11) is 0. The lowest BCUT2D eigenvalue weighted by Gasteiger charge is -2.21. The number of rotatable bonds is 6. The van der Waals surface area contributed by atoms with Crippen molar-refractivity contribution >= 4 is 12.1 Å². The van der Waals surface area contributed by atoms with Crippen LogP contribution < -0.4 is 5.32 Å². The fourth-order valence-corrected chi connectivity index (χ4v) is 2.56. The van der Waals surface area contributed by atoms with Crippen molar-refractivity contribution < 1.29 is 19.4 Å². The quantitative estimate of drug-likeness (QED) is 0.817. The predicted octanol–water partition coefficient (Wildman–Crippen LogP) is 4.12. The molecule has 0 heterocycles. The molecule has 0 bridgehead atoms. The van der Waals surface area contributed by atoms with Gasteiger partial charge in [0.2, 0.25) is 0 Å². The minimum absolute atomic E-state index is 0.0137. The number of alkyl carbamates (subject to hydrolysis) is 1. The van der Waals surface area contributed by atoms with E-state index >= 15 is 0 Å². The van der Waals surface area contributed by atoms with Gasteiger partial charge in [-0.05, 0) is 43.9 Å². The van der Waals surface area contributed by atoms with E-state index in [1.54, 1.807) is 20.8 Å². The molecule has 0 saturated carbocycles. The van der Waals surface area contributed by atoms with Gasteiger partial charge >= 0.3 is 12.1 Å². The summed E-state index contributed by atoms with van der Waals surface area (Å²) in [5, 5.41) is 12.0. The monoisotopic (exact) mass is 355 g/mol. The minimum atomic E-state index is -0.953. The molecule has 0 spiro atoms. The Morgan fingerprint density at radius 2 is 1.69 bits per heavy atom. The molecule has 2 aromatic carbocycles. The highest BCUT2D eigenvalue weighted by atomic mass is 16.6. The number of hydrogen-bond acceptors (Lipinski definition) is 3. The van der Waals surface area contributed by atoms with Gasteiger partial charge in [0, 0.05) is 6.54 Å². The number of carbonyl (C=O) groups excluding carboxylic acids is 1. The van der Waals surface area contributed by atoms with E-state index in [0.717, 1.165) is 16.7 Å². The van der Waals surface area contributed by atoms with Crippen LogP contribution in [-0.4, -0.2) is 29.3 Å². The second-order valence-electron chi connectivity index (χ2n) is 7.19. The second-order valence-corrected chi connectivity index (χ2v) is 7.19. The van der Waals surface area contributed by atoms with Crippen molar-refractivity contribution in [1.82, 2.24) is 5.32 Å². The molecule has 2 N–H and O–H groups in total. The molecule has 5 nitrogen and oxygen atoms in total. The Morgan fingerprint density at radius 3 is 2.31 bits per heavy atom. The van der Waals surface area contributed by atoms with Crippen molar-refractivity contribution in [2.45, 2.75) is 32.8 Å². The Balaban J connectivity index is 2.04. The first-order chi connectivity index (χ1) is 12.2. The molecule has 1 atom stereocenters. The smallest absolute Gasteiger partial charge is 0.407 e. The summed E-state index contributed by atoms with van der Waals surface area (Å²) in [6, 6.07) is 17.7. The van der Waals surface area contributed by atoms with Gasteiger partial charge in [-0.1, -0.05) is 54.6 Å². The van der Waals surface area contributed by atoms with Gasteiger partial charge in [-0.2, -0.15) is 0 Å². The van der Waals surface area contributed by atoms with Gasteiger partial charge in [-0.15, -0.1) is 0 Å². The molecule has 1 amide bonds. The van der Waals surface area contributed by atoms with Crippen LogP contribution in [0.2, 0.25) is 0 Å². The van der Waals surface area contributed by atoms with Crippen LogP contribution >= 0.6 is 0 Å². The number of aliphatic carboxylic acids is 1. The zero-order valence-corrected chi connectivity index (χ0v) is 15.4. The standard InChI is InChI=1S/C21H25NO4/c1-21(2,3)26-20(25)22-14-18(19(23)24)13-15-8-7-11-17(12-15)16-9-5-4-6-10-16/h4-12,18H,13-14H2,1-3H3,(H,22,25)(H,23,24)/t18-/m0/s1. The van der Waals surface area contributed by atoms with Crippen LogP contribution in [0.15, 0.2) is 54.6 Å². The van der Waals surface area contributed by atoms with E-state index in [4.69, 9.17) is 4.74 Å². The van der Waals surface area contributed by atoms with Crippen LogP contribution in [0.25, 0.3) is 11.1 Å². The van der Waals surface area contributed by atoms with Crippen LogP contribution in [-0.2, 0) is 16.0 Å². The zero-order chi connectivity index (χ0) is 19.2. The lowest BCUT2D eigenvalue weighted by molar-refractivity contribution is -0.141. The SMILES string of the molecule is CC(C)(C)OC(=O)NC[C@H](Cc1cccc(-c2ccccc2)c1)C(=O)O. The zero-order valence-electron chi connectivity index (χ0n) is 15.4. The van der Waals surface area contributed by atoms with Crippen molar-refractivity contribution in [3.05, 3.63) is 60.2 Å². The van der Waals surface area contributed by atoms with Gasteiger partial charge in [0.05, 0.1) is 5.92 Å². The lowest BCUT2D eigenvalue weighted by Crippen LogP contribution is -2.37. The number of carboxylic acids is 1. The van der Waals surface area contributed by atoms with E-state index in [-0.39, 0.29) is 6.54 Å². The van der Waals surface area contributed by atoms with Gasteiger partial charge in [0.25, 0.3) is 0 Å². The average molecular weight is 355 g/mol. The Bertz CT molecular complexity index is 750. The number of hydrogen-bond donors (Lipinski definition) is 2. The molecule has 26 heavy (non-hydrogen) atoms. The molecule has 0 saturated heterocycles. The van der Waals surface area contributed by atoms with Crippen molar-refractivity contribution in [2.24, 2.45) is 5.92 Å². The van der Waals surface area contributed by atoms with E-state index in [1.165, 1.54) is 0 Å². The molecule has 0 aliphatic rings. The summed E-state index contributed by atoms with van der Waals surface area (Å²) < 4.78 is 5.15. The van der Waals surface area contributed by atoms with Crippen molar-refractivity contribution in [3.8, 4) is 11.1 Å². The first-order valence-electron chi connectivity index (χ1n) is 8.58. The fraction of sp³-hybridized carbons (Fsp3) is 0.333. The van der Waals surface area contributed by atoms with E-state index in [0.29, 0.717) is 6.42 Å². The first-order valence-corrected chi connectivity index (χ1v) is 8.58. The molecule has 2 rings (SSSR count). The molecule has 0 aliphatic carbocycles. The van der Waals surface area contributed by atoms with Gasteiger partial charge in [-0.25, -0.2) is 4.79 Å². The van der Waals surface area contributed by atoms with Crippen molar-refractivity contribution in [2.75, 3.05) is 6.54 Å². The molecule has 2 aromatic rings. The molecule has 0 aliphatic heterocycles. The minimum Gasteiger partial charge on any atom is -0.481 e. The number of nitrogens with one attached hydrogen (secondary N) is 1. The maximum Gasteiger partial charge on any atom is 0.407 e. The molecule has 0 radical (unpaired) electrons. The Hall–Kier alpha value is -2.82. The molecule has 5 heteroatoms. The Morgan fingerprint density at radius 1 is 1.04 bits per heavy atom. The highest BCUT2D eigenvalue weighted by Gasteiger charge is 2.21. The van der Waals surface area contributed by atoms with E-state index in [1.807, 2.05) is 54.6 Å². The first kappa shape index (κ1) is 19.5. The van der Waals surface area contributed by atoms with Crippen LogP contribution in [0.4, 0.5) is 4.79 Å². The van der Waals surface area contributed by atoms with Gasteiger partial charge < -0.3 is 15.2 Å². The highest BCUT2D eigenvalue weighted by molar-refractivity contribution is 5.73. The molecular weight excluding hydrogens is 330 g/mol. The summed E-state index contributed by atoms with van der Waals surface area (Å²) in [5.41, 5.74) is 2.40. The van der Waals surface area contributed by atoms with Crippen LogP contribution in [0.3, 0.4) is 0 Å². The van der Waals surface area contributed by atoms with E-state index in [2.05, 4.69) is 5.32 Å². The molecule has 0 aromatic heterocycles. The fourth-order valence-electron chi connectivity index (χ4n) is 2.56. The molecule has 0 unspecified atom stereocenters. The Kier molecular flexibility index (Phi) is 6.39. The molecule has 138 valence electrons. The number of benzene rings is 2. The van der Waals surface area contributed by atoms with Crippen molar-refractivity contribution in [3.63, 3.8) is 0 Å². The number of amides is 1. The average Bonchev–Trinajstić information content (AvgIpc) is 2.58. The summed E-state index contributed by atoms with van der Waals surface area (Å²) in [4.78, 5) is 23.3. The molecular formula is C21H25NO4. The van der Waals surface area contributed by atoms with Crippen LogP contribution in [0, 0.1) is 5.92 Å². The maximum atomic E-state index is 11.8. The summed E-state index contributed by atoms with van der Waals surface area (Å²) in [5.74, 6) is -1.68. The maximum absolute atomic E-state index is 11.8. The topological polar surface area (TPSA) is 75.6 Å². The third-order valence-corrected chi connectivity index (χ3v) is 3.76. The highest BCUT2D eigenvalue weighted by Crippen LogP contribution is 2.21. The summed E-state index contributed by atoms with van der Waals surface area (Å²) in [6.07, 6.45) is -0.284. The summed E-state index contributed by atoms with van der Waals surface area (Å²) in [6.45, 7) is 5.29. The van der Waals surface area contributed by atoms with E-state index in [9.17, 15) is 14.7 Å². The number of ether oxygens (including phenoxy) is 1. The van der Waals surface area contributed by atoms with Gasteiger partial charge in [0.1, 0.15) is 5.60 Å². The largest absolute Gasteiger partial charge is 0.481 e. The third-order valence-electron chi connectivity index (χ3n) is 3.76. The second kappa shape index (κ2) is 8.52. The lowest BCUT2D eigenvalue weighted by atomic mass is 9.96. The predicted molar refractivity (Wildman–Crippen MR) is 101 cm³/mol. The van der Waals surface area contributed by atoms with Crippen molar-refractivity contribution in [1.29, 1.82) is 0 Å². The third kappa shape index (κ3) is 6.24.